The van der Waals surface area contributed by atoms with E-state index in [4.69, 9.17) is 23.8 Å². The van der Waals surface area contributed by atoms with Gasteiger partial charge >= 0.3 is 0 Å². The molecule has 0 saturated carbocycles. The lowest BCUT2D eigenvalue weighted by Crippen LogP contribution is -2.18. The third kappa shape index (κ3) is 4.75. The van der Waals surface area contributed by atoms with Crippen LogP contribution in [0.1, 0.15) is 0 Å². The number of hydrogen-bond acceptors (Lipinski definition) is 5. The molecule has 20 heavy (non-hydrogen) atoms. The van der Waals surface area contributed by atoms with E-state index in [2.05, 4.69) is 27.4 Å². The molecule has 0 aliphatic rings. The summed E-state index contributed by atoms with van der Waals surface area (Å²) in [5, 5.41) is 15.9. The predicted molar refractivity (Wildman–Crippen MR) is 92.1 cm³/mol. The molecule has 0 atom stereocenters. The summed E-state index contributed by atoms with van der Waals surface area (Å²) >= 11 is 14.1. The molecule has 2 N–H and O–H groups in total. The second-order valence-corrected chi connectivity index (χ2v) is 6.65. The summed E-state index contributed by atoms with van der Waals surface area (Å²) in [5.41, 5.74) is 0.859. The molecule has 1 heterocycles. The van der Waals surface area contributed by atoms with Crippen LogP contribution in [-0.4, -0.2) is 21.1 Å². The first-order valence-electron chi connectivity index (χ1n) is 5.58. The third-order valence-electron chi connectivity index (χ3n) is 2.05. The monoisotopic (exact) mass is 342 g/mol. The lowest BCUT2D eigenvalue weighted by Gasteiger charge is -2.07. The normalized spacial score (nSPS) is 10.1. The molecule has 0 unspecified atom stereocenters. The summed E-state index contributed by atoms with van der Waals surface area (Å²) in [4.78, 5) is 0. The van der Waals surface area contributed by atoms with Crippen molar-refractivity contribution in [2.24, 2.45) is 0 Å². The van der Waals surface area contributed by atoms with Gasteiger partial charge < -0.3 is 10.6 Å². The second kappa shape index (κ2) is 7.58. The molecule has 0 amide bonds. The summed E-state index contributed by atoms with van der Waals surface area (Å²) in [7, 11) is 0. The molecule has 0 radical (unpaired) electrons. The molecule has 8 heteroatoms. The summed E-state index contributed by atoms with van der Waals surface area (Å²) in [6.07, 6.45) is 1.83. The van der Waals surface area contributed by atoms with Gasteiger partial charge in [-0.15, -0.1) is 16.8 Å². The Morgan fingerprint density at radius 3 is 2.80 bits per heavy atom. The van der Waals surface area contributed by atoms with Crippen LogP contribution in [0.4, 0.5) is 10.8 Å². The molecule has 0 fully saturated rings. The molecule has 0 saturated heterocycles. The van der Waals surface area contributed by atoms with Gasteiger partial charge in [0.15, 0.2) is 9.45 Å². The topological polar surface area (TPSA) is 49.8 Å². The Kier molecular flexibility index (Phi) is 5.78. The second-order valence-electron chi connectivity index (χ2n) is 3.56. The fraction of sp³-hybridized carbons (Fsp3) is 0.0833. The number of aromatic nitrogens is 2. The lowest BCUT2D eigenvalue weighted by atomic mass is 10.3. The standard InChI is InChI=1S/C12H11ClN4S3/c1-2-7-19-12-17-16-11(20-12)15-10(18)14-9-5-3-8(13)4-6-9/h2-6H,1,7H2,(H2,14,15,16,18). The zero-order valence-electron chi connectivity index (χ0n) is 10.3. The van der Waals surface area contributed by atoms with E-state index in [9.17, 15) is 0 Å². The van der Waals surface area contributed by atoms with Crippen LogP contribution >= 0.6 is 46.9 Å². The molecular formula is C12H11ClN4S3. The number of benzene rings is 1. The van der Waals surface area contributed by atoms with Crippen LogP contribution in [0, 0.1) is 0 Å². The third-order valence-corrected chi connectivity index (χ3v) is 4.48. The van der Waals surface area contributed by atoms with Crippen molar-refractivity contribution < 1.29 is 0 Å². The van der Waals surface area contributed by atoms with E-state index in [0.717, 1.165) is 15.8 Å². The average Bonchev–Trinajstić information content (AvgIpc) is 2.86. The van der Waals surface area contributed by atoms with Gasteiger partial charge in [-0.1, -0.05) is 40.8 Å². The van der Waals surface area contributed by atoms with Crippen LogP contribution < -0.4 is 10.6 Å². The molecule has 4 nitrogen and oxygen atoms in total. The van der Waals surface area contributed by atoms with E-state index < -0.39 is 0 Å². The van der Waals surface area contributed by atoms with Gasteiger partial charge in [-0.25, -0.2) is 0 Å². The van der Waals surface area contributed by atoms with Crippen molar-refractivity contribution in [2.75, 3.05) is 16.4 Å². The summed E-state index contributed by atoms with van der Waals surface area (Å²) in [5.74, 6) is 0.808. The molecule has 1 aromatic carbocycles. The Hall–Kier alpha value is -1.15. The van der Waals surface area contributed by atoms with E-state index in [1.807, 2.05) is 18.2 Å². The van der Waals surface area contributed by atoms with Gasteiger partial charge in [-0.2, -0.15) is 0 Å². The maximum Gasteiger partial charge on any atom is 0.212 e. The van der Waals surface area contributed by atoms with Gasteiger partial charge in [0.1, 0.15) is 0 Å². The summed E-state index contributed by atoms with van der Waals surface area (Å²) < 4.78 is 0.877. The Morgan fingerprint density at radius 1 is 1.35 bits per heavy atom. The zero-order chi connectivity index (χ0) is 14.4. The number of halogens is 1. The number of hydrogen-bond donors (Lipinski definition) is 2. The van der Waals surface area contributed by atoms with E-state index in [1.165, 1.54) is 11.3 Å². The Bertz CT molecular complexity index is 597. The van der Waals surface area contributed by atoms with Crippen molar-refractivity contribution >= 4 is 62.8 Å². The quantitative estimate of drug-likeness (QED) is 0.480. The zero-order valence-corrected chi connectivity index (χ0v) is 13.5. The molecule has 0 aliphatic carbocycles. The van der Waals surface area contributed by atoms with Crippen molar-refractivity contribution in [3.63, 3.8) is 0 Å². The predicted octanol–water partition coefficient (Wildman–Crippen LogP) is 4.28. The van der Waals surface area contributed by atoms with Crippen LogP contribution in [0.15, 0.2) is 41.3 Å². The SMILES string of the molecule is C=CCSc1nnc(NC(=S)Nc2ccc(Cl)cc2)s1. The first-order valence-corrected chi connectivity index (χ1v) is 8.17. The highest BCUT2D eigenvalue weighted by molar-refractivity contribution is 8.01. The minimum Gasteiger partial charge on any atom is -0.332 e. The minimum atomic E-state index is 0.462. The molecule has 0 aliphatic heterocycles. The van der Waals surface area contributed by atoms with E-state index in [0.29, 0.717) is 15.3 Å². The summed E-state index contributed by atoms with van der Waals surface area (Å²) in [6.45, 7) is 3.66. The van der Waals surface area contributed by atoms with Crippen LogP contribution in [-0.2, 0) is 0 Å². The van der Waals surface area contributed by atoms with Crippen LogP contribution in [0.3, 0.4) is 0 Å². The Morgan fingerprint density at radius 2 is 2.10 bits per heavy atom. The maximum absolute atomic E-state index is 5.82. The van der Waals surface area contributed by atoms with E-state index in [-0.39, 0.29) is 0 Å². The van der Waals surface area contributed by atoms with Crippen molar-refractivity contribution in [2.45, 2.75) is 4.34 Å². The number of thioether (sulfide) groups is 1. The maximum atomic E-state index is 5.82. The Labute approximate surface area is 135 Å². The van der Waals surface area contributed by atoms with Gasteiger partial charge in [0, 0.05) is 16.5 Å². The van der Waals surface area contributed by atoms with Gasteiger partial charge in [0.05, 0.1) is 0 Å². The highest BCUT2D eigenvalue weighted by atomic mass is 35.5. The lowest BCUT2D eigenvalue weighted by molar-refractivity contribution is 1.02. The van der Waals surface area contributed by atoms with Gasteiger partial charge in [-0.3, -0.25) is 0 Å². The number of thiocarbonyl (C=S) groups is 1. The fourth-order valence-corrected chi connectivity index (χ4v) is 3.16. The van der Waals surface area contributed by atoms with Gasteiger partial charge in [0.2, 0.25) is 5.13 Å². The van der Waals surface area contributed by atoms with Crippen LogP contribution in [0.25, 0.3) is 0 Å². The van der Waals surface area contributed by atoms with E-state index in [1.54, 1.807) is 23.9 Å². The van der Waals surface area contributed by atoms with E-state index >= 15 is 0 Å². The molecule has 104 valence electrons. The smallest absolute Gasteiger partial charge is 0.212 e. The molecular weight excluding hydrogens is 332 g/mol. The number of anilines is 2. The van der Waals surface area contributed by atoms with Crippen molar-refractivity contribution in [3.05, 3.63) is 41.9 Å². The molecule has 0 spiro atoms. The first kappa shape index (κ1) is 15.2. The number of nitrogens with one attached hydrogen (secondary N) is 2. The van der Waals surface area contributed by atoms with Crippen molar-refractivity contribution in [1.29, 1.82) is 0 Å². The Balaban J connectivity index is 1.89. The minimum absolute atomic E-state index is 0.462. The van der Waals surface area contributed by atoms with Crippen molar-refractivity contribution in [3.8, 4) is 0 Å². The number of rotatable bonds is 5. The average molecular weight is 343 g/mol. The first-order chi connectivity index (χ1) is 9.67. The molecule has 2 rings (SSSR count). The highest BCUT2D eigenvalue weighted by Crippen LogP contribution is 2.25. The summed E-state index contributed by atoms with van der Waals surface area (Å²) in [6, 6.07) is 7.28. The van der Waals surface area contributed by atoms with Gasteiger partial charge in [0.25, 0.3) is 0 Å². The molecule has 1 aromatic heterocycles. The van der Waals surface area contributed by atoms with Crippen LogP contribution in [0.2, 0.25) is 5.02 Å². The highest BCUT2D eigenvalue weighted by Gasteiger charge is 2.06. The molecule has 0 bridgehead atoms. The van der Waals surface area contributed by atoms with Crippen molar-refractivity contribution in [1.82, 2.24) is 10.2 Å². The van der Waals surface area contributed by atoms with Crippen LogP contribution in [0.5, 0.6) is 0 Å². The number of nitrogens with zero attached hydrogens (tertiary/aromatic N) is 2. The largest absolute Gasteiger partial charge is 0.332 e. The van der Waals surface area contributed by atoms with Gasteiger partial charge in [-0.05, 0) is 36.5 Å². The fourth-order valence-electron chi connectivity index (χ4n) is 1.24. The molecule has 2 aromatic rings.